The Balaban J connectivity index is 2.72. The first-order chi connectivity index (χ1) is 6.77. The van der Waals surface area contributed by atoms with E-state index in [9.17, 15) is 0 Å². The Bertz CT molecular complexity index is 287. The van der Waals surface area contributed by atoms with Crippen LogP contribution in [0.15, 0.2) is 18.2 Å². The van der Waals surface area contributed by atoms with Crippen LogP contribution in [0.1, 0.15) is 20.3 Å². The van der Waals surface area contributed by atoms with Crippen LogP contribution in [0.3, 0.4) is 0 Å². The van der Waals surface area contributed by atoms with Gasteiger partial charge in [-0.2, -0.15) is 0 Å². The topological polar surface area (TPSA) is 44.5 Å². The van der Waals surface area contributed by atoms with Crippen LogP contribution < -0.4 is 15.2 Å². The first kappa shape index (κ1) is 10.7. The molecule has 1 rings (SSSR count). The molecule has 1 aromatic carbocycles. The van der Waals surface area contributed by atoms with Crippen molar-refractivity contribution < 1.29 is 9.47 Å². The lowest BCUT2D eigenvalue weighted by atomic mass is 10.3. The second-order valence-corrected chi connectivity index (χ2v) is 2.98. The fourth-order valence-electron chi connectivity index (χ4n) is 1.10. The molecule has 0 atom stereocenters. The van der Waals surface area contributed by atoms with E-state index in [2.05, 4.69) is 6.92 Å². The van der Waals surface area contributed by atoms with Crippen LogP contribution in [-0.2, 0) is 0 Å². The molecule has 0 heterocycles. The molecular formula is C11H17NO2. The average molecular weight is 195 g/mol. The van der Waals surface area contributed by atoms with E-state index >= 15 is 0 Å². The van der Waals surface area contributed by atoms with Gasteiger partial charge in [0.15, 0.2) is 0 Å². The standard InChI is InChI=1S/C11H17NO2/c1-3-7-14-9-5-6-10(12)11(8-9)13-4-2/h5-6,8H,3-4,7,12H2,1-2H3. The van der Waals surface area contributed by atoms with Gasteiger partial charge in [0.25, 0.3) is 0 Å². The lowest BCUT2D eigenvalue weighted by Gasteiger charge is -2.09. The normalized spacial score (nSPS) is 9.86. The Morgan fingerprint density at radius 3 is 2.64 bits per heavy atom. The minimum Gasteiger partial charge on any atom is -0.493 e. The summed E-state index contributed by atoms with van der Waals surface area (Å²) < 4.78 is 10.8. The Kier molecular flexibility index (Phi) is 4.11. The molecule has 0 saturated carbocycles. The maximum absolute atomic E-state index is 5.72. The second kappa shape index (κ2) is 5.37. The van der Waals surface area contributed by atoms with E-state index < -0.39 is 0 Å². The summed E-state index contributed by atoms with van der Waals surface area (Å²) in [6.07, 6.45) is 0.994. The molecule has 2 N–H and O–H groups in total. The maximum atomic E-state index is 5.72. The Morgan fingerprint density at radius 2 is 2.00 bits per heavy atom. The SMILES string of the molecule is CCCOc1ccc(N)c(OCC)c1. The molecule has 0 aliphatic heterocycles. The van der Waals surface area contributed by atoms with Crippen LogP contribution in [0.25, 0.3) is 0 Å². The van der Waals surface area contributed by atoms with E-state index in [0.29, 0.717) is 18.0 Å². The molecule has 0 fully saturated rings. The summed E-state index contributed by atoms with van der Waals surface area (Å²) in [6, 6.07) is 5.48. The third kappa shape index (κ3) is 2.83. The van der Waals surface area contributed by atoms with Crippen LogP contribution in [0, 0.1) is 0 Å². The Labute approximate surface area is 84.8 Å². The highest BCUT2D eigenvalue weighted by Crippen LogP contribution is 2.26. The molecular weight excluding hydrogens is 178 g/mol. The number of rotatable bonds is 5. The zero-order valence-electron chi connectivity index (χ0n) is 8.75. The van der Waals surface area contributed by atoms with Crippen molar-refractivity contribution in [2.45, 2.75) is 20.3 Å². The summed E-state index contributed by atoms with van der Waals surface area (Å²) >= 11 is 0. The Morgan fingerprint density at radius 1 is 1.21 bits per heavy atom. The minimum atomic E-state index is 0.613. The lowest BCUT2D eigenvalue weighted by Crippen LogP contribution is -1.99. The first-order valence-electron chi connectivity index (χ1n) is 4.93. The van der Waals surface area contributed by atoms with Gasteiger partial charge in [0.2, 0.25) is 0 Å². The van der Waals surface area contributed by atoms with Crippen molar-refractivity contribution in [3.8, 4) is 11.5 Å². The first-order valence-corrected chi connectivity index (χ1v) is 4.93. The molecule has 0 aromatic heterocycles. The number of nitrogen functional groups attached to an aromatic ring is 1. The van der Waals surface area contributed by atoms with Crippen molar-refractivity contribution in [2.24, 2.45) is 0 Å². The van der Waals surface area contributed by atoms with Gasteiger partial charge in [-0.1, -0.05) is 6.92 Å². The van der Waals surface area contributed by atoms with Crippen LogP contribution in [-0.4, -0.2) is 13.2 Å². The molecule has 0 amide bonds. The van der Waals surface area contributed by atoms with E-state index in [4.69, 9.17) is 15.2 Å². The molecule has 0 unspecified atom stereocenters. The largest absolute Gasteiger partial charge is 0.493 e. The van der Waals surface area contributed by atoms with Gasteiger partial charge < -0.3 is 15.2 Å². The van der Waals surface area contributed by atoms with Crippen molar-refractivity contribution in [3.05, 3.63) is 18.2 Å². The molecule has 14 heavy (non-hydrogen) atoms. The zero-order chi connectivity index (χ0) is 10.4. The maximum Gasteiger partial charge on any atom is 0.145 e. The summed E-state index contributed by atoms with van der Waals surface area (Å²) in [6.45, 7) is 5.33. The molecule has 0 bridgehead atoms. The molecule has 78 valence electrons. The van der Waals surface area contributed by atoms with Crippen molar-refractivity contribution >= 4 is 5.69 Å². The third-order valence-corrected chi connectivity index (χ3v) is 1.76. The number of ether oxygens (including phenoxy) is 2. The van der Waals surface area contributed by atoms with Gasteiger partial charge in [0, 0.05) is 6.07 Å². The number of hydrogen-bond acceptors (Lipinski definition) is 3. The fraction of sp³-hybridized carbons (Fsp3) is 0.455. The highest BCUT2D eigenvalue weighted by Gasteiger charge is 2.01. The number of nitrogens with two attached hydrogens (primary N) is 1. The molecule has 0 aliphatic carbocycles. The number of anilines is 1. The van der Waals surface area contributed by atoms with Crippen LogP contribution in [0.5, 0.6) is 11.5 Å². The van der Waals surface area contributed by atoms with E-state index in [-0.39, 0.29) is 0 Å². The van der Waals surface area contributed by atoms with Gasteiger partial charge in [0.1, 0.15) is 11.5 Å². The van der Waals surface area contributed by atoms with Crippen molar-refractivity contribution in [3.63, 3.8) is 0 Å². The zero-order valence-corrected chi connectivity index (χ0v) is 8.75. The average Bonchev–Trinajstić information content (AvgIpc) is 2.19. The van der Waals surface area contributed by atoms with Gasteiger partial charge >= 0.3 is 0 Å². The summed E-state index contributed by atoms with van der Waals surface area (Å²) in [5.74, 6) is 1.51. The van der Waals surface area contributed by atoms with Crippen molar-refractivity contribution in [1.82, 2.24) is 0 Å². The number of hydrogen-bond donors (Lipinski definition) is 1. The molecule has 3 heteroatoms. The molecule has 0 saturated heterocycles. The van der Waals surface area contributed by atoms with Crippen LogP contribution in [0.4, 0.5) is 5.69 Å². The van der Waals surface area contributed by atoms with Gasteiger partial charge in [-0.3, -0.25) is 0 Å². The Hall–Kier alpha value is -1.38. The molecule has 0 aliphatic rings. The van der Waals surface area contributed by atoms with E-state index in [1.54, 1.807) is 6.07 Å². The van der Waals surface area contributed by atoms with Gasteiger partial charge in [-0.15, -0.1) is 0 Å². The highest BCUT2D eigenvalue weighted by atomic mass is 16.5. The molecule has 0 radical (unpaired) electrons. The van der Waals surface area contributed by atoms with E-state index in [1.807, 2.05) is 19.1 Å². The van der Waals surface area contributed by atoms with Crippen LogP contribution in [0.2, 0.25) is 0 Å². The summed E-state index contributed by atoms with van der Waals surface area (Å²) in [5, 5.41) is 0. The predicted octanol–water partition coefficient (Wildman–Crippen LogP) is 2.46. The van der Waals surface area contributed by atoms with Crippen LogP contribution >= 0.6 is 0 Å². The molecule has 3 nitrogen and oxygen atoms in total. The fourth-order valence-corrected chi connectivity index (χ4v) is 1.10. The van der Waals surface area contributed by atoms with E-state index in [0.717, 1.165) is 18.8 Å². The smallest absolute Gasteiger partial charge is 0.145 e. The third-order valence-electron chi connectivity index (χ3n) is 1.76. The summed E-state index contributed by atoms with van der Waals surface area (Å²) in [7, 11) is 0. The van der Waals surface area contributed by atoms with Gasteiger partial charge in [-0.05, 0) is 25.5 Å². The second-order valence-electron chi connectivity index (χ2n) is 2.98. The summed E-state index contributed by atoms with van der Waals surface area (Å²) in [5.41, 5.74) is 6.37. The van der Waals surface area contributed by atoms with Gasteiger partial charge in [0.05, 0.1) is 18.9 Å². The van der Waals surface area contributed by atoms with Gasteiger partial charge in [-0.25, -0.2) is 0 Å². The van der Waals surface area contributed by atoms with Crippen molar-refractivity contribution in [1.29, 1.82) is 0 Å². The predicted molar refractivity (Wildman–Crippen MR) is 57.8 cm³/mol. The highest BCUT2D eigenvalue weighted by molar-refractivity contribution is 5.55. The molecule has 1 aromatic rings. The van der Waals surface area contributed by atoms with E-state index in [1.165, 1.54) is 0 Å². The molecule has 0 spiro atoms. The quantitative estimate of drug-likeness (QED) is 0.734. The lowest BCUT2D eigenvalue weighted by molar-refractivity contribution is 0.309. The summed E-state index contributed by atoms with van der Waals surface area (Å²) in [4.78, 5) is 0. The van der Waals surface area contributed by atoms with Crippen molar-refractivity contribution in [2.75, 3.05) is 18.9 Å². The monoisotopic (exact) mass is 195 g/mol. The number of benzene rings is 1. The minimum absolute atomic E-state index is 0.613.